The van der Waals surface area contributed by atoms with E-state index in [0.717, 1.165) is 4.31 Å². The number of hydrogen-bond donors (Lipinski definition) is 1. The minimum atomic E-state index is -4.22. The largest absolute Gasteiger partial charge is 0.492 e. The zero-order valence-corrected chi connectivity index (χ0v) is 26.5. The van der Waals surface area contributed by atoms with Crippen molar-refractivity contribution in [2.24, 2.45) is 0 Å². The summed E-state index contributed by atoms with van der Waals surface area (Å²) in [6, 6.07) is 18.4. The highest BCUT2D eigenvalue weighted by Gasteiger charge is 2.35. The smallest absolute Gasteiger partial charge is 0.264 e. The molecule has 0 unspecified atom stereocenters. The van der Waals surface area contributed by atoms with Crippen molar-refractivity contribution in [3.05, 3.63) is 88.4 Å². The van der Waals surface area contributed by atoms with Crippen LogP contribution in [0, 0.1) is 0 Å². The number of amides is 2. The molecule has 42 heavy (non-hydrogen) atoms. The van der Waals surface area contributed by atoms with Crippen LogP contribution in [-0.2, 0) is 26.2 Å². The molecule has 0 aliphatic heterocycles. The fourth-order valence-electron chi connectivity index (χ4n) is 4.37. The Morgan fingerprint density at radius 1 is 0.929 bits per heavy atom. The number of carbonyl (C=O) groups is 2. The number of halogens is 2. The van der Waals surface area contributed by atoms with E-state index >= 15 is 0 Å². The Balaban J connectivity index is 2.12. The second-order valence-electron chi connectivity index (χ2n) is 9.72. The summed E-state index contributed by atoms with van der Waals surface area (Å²) in [6.45, 7) is 7.09. The summed E-state index contributed by atoms with van der Waals surface area (Å²) in [5, 5.41) is 3.71. The lowest BCUT2D eigenvalue weighted by Crippen LogP contribution is -2.53. The maximum Gasteiger partial charge on any atom is 0.264 e. The van der Waals surface area contributed by atoms with Crippen LogP contribution in [-0.4, -0.2) is 50.4 Å². The minimum absolute atomic E-state index is 0.0120. The molecular formula is C31H37Cl2N3O5S. The molecule has 1 N–H and O–H groups in total. The van der Waals surface area contributed by atoms with Gasteiger partial charge in [0, 0.05) is 22.6 Å². The first-order chi connectivity index (χ1) is 20.0. The first kappa shape index (κ1) is 33.2. The maximum atomic E-state index is 14.2. The van der Waals surface area contributed by atoms with Gasteiger partial charge in [0.15, 0.2) is 0 Å². The van der Waals surface area contributed by atoms with E-state index in [-0.39, 0.29) is 29.1 Å². The predicted octanol–water partition coefficient (Wildman–Crippen LogP) is 6.31. The molecule has 0 saturated carbocycles. The maximum absolute atomic E-state index is 14.2. The Bertz CT molecular complexity index is 1470. The molecule has 0 saturated heterocycles. The predicted molar refractivity (Wildman–Crippen MR) is 168 cm³/mol. The van der Waals surface area contributed by atoms with Crippen molar-refractivity contribution in [2.75, 3.05) is 17.5 Å². The van der Waals surface area contributed by atoms with Gasteiger partial charge in [-0.1, -0.05) is 73.4 Å². The number of ether oxygens (including phenoxy) is 1. The molecule has 0 spiro atoms. The van der Waals surface area contributed by atoms with E-state index in [1.54, 1.807) is 74.5 Å². The molecule has 0 aromatic heterocycles. The second kappa shape index (κ2) is 15.3. The Morgan fingerprint density at radius 3 is 2.21 bits per heavy atom. The summed E-state index contributed by atoms with van der Waals surface area (Å²) >= 11 is 12.6. The molecule has 3 aromatic carbocycles. The van der Waals surface area contributed by atoms with Gasteiger partial charge >= 0.3 is 0 Å². The standard InChI is InChI=1S/C31H37Cl2N3O5S/c1-5-22(4)34-31(38)27(6-2)35(20-23-17-18-24(32)19-26(23)33)30(37)21-36(28-15-11-12-16-29(28)41-7-3)42(39,40)25-13-9-8-10-14-25/h8-19,22,27H,5-7,20-21H2,1-4H3,(H,34,38)/t22-,27+/m1/s1. The van der Waals surface area contributed by atoms with Gasteiger partial charge in [-0.15, -0.1) is 0 Å². The van der Waals surface area contributed by atoms with Gasteiger partial charge in [0.25, 0.3) is 10.0 Å². The molecule has 0 aliphatic carbocycles. The zero-order valence-electron chi connectivity index (χ0n) is 24.2. The van der Waals surface area contributed by atoms with Crippen molar-refractivity contribution >= 4 is 50.7 Å². The summed E-state index contributed by atoms with van der Waals surface area (Å²) in [5.74, 6) is -0.614. The molecule has 0 heterocycles. The molecule has 3 rings (SSSR count). The monoisotopic (exact) mass is 633 g/mol. The summed E-state index contributed by atoms with van der Waals surface area (Å²) in [6.07, 6.45) is 0.997. The molecule has 3 aromatic rings. The second-order valence-corrected chi connectivity index (χ2v) is 12.4. The molecule has 226 valence electrons. The fourth-order valence-corrected chi connectivity index (χ4v) is 6.28. The quantitative estimate of drug-likeness (QED) is 0.224. The third kappa shape index (κ3) is 8.18. The summed E-state index contributed by atoms with van der Waals surface area (Å²) < 4.78 is 34.9. The Morgan fingerprint density at radius 2 is 1.60 bits per heavy atom. The number of hydrogen-bond acceptors (Lipinski definition) is 5. The van der Waals surface area contributed by atoms with Crippen LogP contribution in [0.1, 0.15) is 46.1 Å². The van der Waals surface area contributed by atoms with E-state index in [2.05, 4.69) is 5.32 Å². The van der Waals surface area contributed by atoms with E-state index in [0.29, 0.717) is 40.8 Å². The number of nitrogens with zero attached hydrogens (tertiary/aromatic N) is 2. The van der Waals surface area contributed by atoms with Crippen LogP contribution < -0.4 is 14.4 Å². The van der Waals surface area contributed by atoms with Crippen LogP contribution in [0.4, 0.5) is 5.69 Å². The number of rotatable bonds is 14. The van der Waals surface area contributed by atoms with Crippen molar-refractivity contribution < 1.29 is 22.7 Å². The fraction of sp³-hybridized carbons (Fsp3) is 0.355. The summed E-state index contributed by atoms with van der Waals surface area (Å²) in [4.78, 5) is 29.1. The van der Waals surface area contributed by atoms with Crippen LogP contribution in [0.15, 0.2) is 77.7 Å². The summed E-state index contributed by atoms with van der Waals surface area (Å²) in [7, 11) is -4.22. The third-order valence-corrected chi connectivity index (χ3v) is 9.15. The van der Waals surface area contributed by atoms with E-state index in [4.69, 9.17) is 27.9 Å². The van der Waals surface area contributed by atoms with Gasteiger partial charge < -0.3 is 15.0 Å². The molecular weight excluding hydrogens is 597 g/mol. The lowest BCUT2D eigenvalue weighted by atomic mass is 10.1. The van der Waals surface area contributed by atoms with Crippen LogP contribution >= 0.6 is 23.2 Å². The average Bonchev–Trinajstić information content (AvgIpc) is 2.97. The SMILES string of the molecule is CCOc1ccccc1N(CC(=O)N(Cc1ccc(Cl)cc1Cl)[C@@H](CC)C(=O)N[C@H](C)CC)S(=O)(=O)c1ccccc1. The van der Waals surface area contributed by atoms with Crippen molar-refractivity contribution in [2.45, 2.75) is 64.1 Å². The topological polar surface area (TPSA) is 96.0 Å². The number of nitrogens with one attached hydrogen (secondary N) is 1. The van der Waals surface area contributed by atoms with Gasteiger partial charge in [0.2, 0.25) is 11.8 Å². The summed E-state index contributed by atoms with van der Waals surface area (Å²) in [5.41, 5.74) is 0.773. The van der Waals surface area contributed by atoms with Gasteiger partial charge in [-0.3, -0.25) is 13.9 Å². The van der Waals surface area contributed by atoms with Crippen LogP contribution in [0.3, 0.4) is 0 Å². The minimum Gasteiger partial charge on any atom is -0.492 e. The Hall–Kier alpha value is -3.27. The molecule has 0 radical (unpaired) electrons. The van der Waals surface area contributed by atoms with Crippen LogP contribution in [0.2, 0.25) is 10.0 Å². The molecule has 0 aliphatic rings. The number of benzene rings is 3. The molecule has 0 bridgehead atoms. The van der Waals surface area contributed by atoms with E-state index in [1.165, 1.54) is 17.0 Å². The Labute approximate surface area is 258 Å². The van der Waals surface area contributed by atoms with Gasteiger partial charge in [0.05, 0.1) is 17.2 Å². The molecule has 2 amide bonds. The number of para-hydroxylation sites is 2. The normalized spacial score (nSPS) is 12.7. The average molecular weight is 635 g/mol. The van der Waals surface area contributed by atoms with Crippen LogP contribution in [0.5, 0.6) is 5.75 Å². The zero-order chi connectivity index (χ0) is 30.9. The van der Waals surface area contributed by atoms with Gasteiger partial charge in [-0.05, 0) is 68.7 Å². The molecule has 2 atom stereocenters. The van der Waals surface area contributed by atoms with Gasteiger partial charge in [-0.2, -0.15) is 0 Å². The molecule has 11 heteroatoms. The highest BCUT2D eigenvalue weighted by molar-refractivity contribution is 7.92. The number of anilines is 1. The van der Waals surface area contributed by atoms with Crippen molar-refractivity contribution in [1.82, 2.24) is 10.2 Å². The highest BCUT2D eigenvalue weighted by Crippen LogP contribution is 2.33. The first-order valence-corrected chi connectivity index (χ1v) is 16.1. The lowest BCUT2D eigenvalue weighted by Gasteiger charge is -2.34. The van der Waals surface area contributed by atoms with Crippen LogP contribution in [0.25, 0.3) is 0 Å². The van der Waals surface area contributed by atoms with Crippen molar-refractivity contribution in [3.63, 3.8) is 0 Å². The van der Waals surface area contributed by atoms with E-state index < -0.39 is 28.5 Å². The highest BCUT2D eigenvalue weighted by atomic mass is 35.5. The first-order valence-electron chi connectivity index (χ1n) is 13.9. The van der Waals surface area contributed by atoms with Crippen molar-refractivity contribution in [3.8, 4) is 5.75 Å². The lowest BCUT2D eigenvalue weighted by molar-refractivity contribution is -0.140. The van der Waals surface area contributed by atoms with E-state index in [9.17, 15) is 18.0 Å². The number of sulfonamides is 1. The third-order valence-electron chi connectivity index (χ3n) is 6.79. The number of carbonyl (C=O) groups excluding carboxylic acids is 2. The molecule has 0 fully saturated rings. The van der Waals surface area contributed by atoms with E-state index in [1.807, 2.05) is 13.8 Å². The van der Waals surface area contributed by atoms with Crippen molar-refractivity contribution in [1.29, 1.82) is 0 Å². The molecule has 8 nitrogen and oxygen atoms in total. The van der Waals surface area contributed by atoms with Gasteiger partial charge in [0.1, 0.15) is 18.3 Å². The Kier molecular flexibility index (Phi) is 12.1. The van der Waals surface area contributed by atoms with Gasteiger partial charge in [-0.25, -0.2) is 8.42 Å².